The molecule has 0 saturated carbocycles. The molecule has 3 rings (SSSR count). The fourth-order valence-electron chi connectivity index (χ4n) is 2.92. The molecular weight excluding hydrogens is 406 g/mol. The Balaban J connectivity index is 1.49. The molecule has 2 aromatic carbocycles. The molecule has 0 aliphatic heterocycles. The lowest BCUT2D eigenvalue weighted by Crippen LogP contribution is -2.23. The van der Waals surface area contributed by atoms with Gasteiger partial charge in [0.1, 0.15) is 11.3 Å². The molecule has 0 radical (unpaired) electrons. The molecule has 0 fully saturated rings. The number of hydrogen-bond acceptors (Lipinski definition) is 5. The Morgan fingerprint density at radius 3 is 2.71 bits per heavy atom. The first-order valence-corrected chi connectivity index (χ1v) is 9.62. The molecule has 1 amide bonds. The fraction of sp³-hybridized carbons (Fsp3) is 0.217. The van der Waals surface area contributed by atoms with Crippen LogP contribution >= 0.6 is 0 Å². The zero-order valence-corrected chi connectivity index (χ0v) is 16.9. The summed E-state index contributed by atoms with van der Waals surface area (Å²) in [6, 6.07) is 14.2. The number of benzene rings is 2. The van der Waals surface area contributed by atoms with E-state index in [2.05, 4.69) is 15.0 Å². The van der Waals surface area contributed by atoms with Gasteiger partial charge < -0.3 is 19.5 Å². The number of halogens is 2. The van der Waals surface area contributed by atoms with Crippen molar-refractivity contribution in [2.75, 3.05) is 20.3 Å². The molecule has 0 bridgehead atoms. The number of aromatic nitrogens is 1. The van der Waals surface area contributed by atoms with E-state index in [0.29, 0.717) is 30.9 Å². The third kappa shape index (κ3) is 6.15. The normalized spacial score (nSPS) is 11.1. The third-order valence-electron chi connectivity index (χ3n) is 4.32. The van der Waals surface area contributed by atoms with E-state index in [0.717, 1.165) is 10.9 Å². The average molecular weight is 428 g/mol. The summed E-state index contributed by atoms with van der Waals surface area (Å²) >= 11 is 0. The van der Waals surface area contributed by atoms with Gasteiger partial charge in [-0.15, -0.1) is 0 Å². The van der Waals surface area contributed by atoms with Gasteiger partial charge in [-0.25, -0.2) is 0 Å². The van der Waals surface area contributed by atoms with Crippen molar-refractivity contribution in [2.45, 2.75) is 13.0 Å². The number of rotatable bonds is 10. The summed E-state index contributed by atoms with van der Waals surface area (Å²) < 4.78 is 40.7. The Morgan fingerprint density at radius 2 is 1.90 bits per heavy atom. The summed E-state index contributed by atoms with van der Waals surface area (Å²) in [5.74, 6) is 0.357. The number of nitrogens with zero attached hydrogens (tertiary/aromatic N) is 1. The van der Waals surface area contributed by atoms with E-state index < -0.39 is 6.61 Å². The van der Waals surface area contributed by atoms with Crippen molar-refractivity contribution in [3.05, 3.63) is 66.4 Å². The number of carbonyl (C=O) groups excluding carboxylic acids is 1. The van der Waals surface area contributed by atoms with Gasteiger partial charge >= 0.3 is 6.61 Å². The van der Waals surface area contributed by atoms with E-state index in [1.165, 1.54) is 25.3 Å². The maximum absolute atomic E-state index is 12.7. The minimum absolute atomic E-state index is 0.124. The molecule has 1 N–H and O–H groups in total. The standard InChI is InChI=1S/C23H22F2N2O4/c1-29-19-10-3-7-17(22(19)31-23(24)25)11-12-20(28)26-14-5-15-30-18-9-2-6-16-8-4-13-27-21(16)18/h2-4,6-13,23H,5,14-15H2,1H3,(H,26,28)/b12-11+. The van der Waals surface area contributed by atoms with E-state index in [1.54, 1.807) is 18.3 Å². The first-order valence-electron chi connectivity index (χ1n) is 9.62. The summed E-state index contributed by atoms with van der Waals surface area (Å²) in [7, 11) is 1.35. The molecule has 8 heteroatoms. The zero-order valence-electron chi connectivity index (χ0n) is 16.9. The van der Waals surface area contributed by atoms with Crippen molar-refractivity contribution in [3.8, 4) is 17.2 Å². The minimum Gasteiger partial charge on any atom is -0.493 e. The maximum atomic E-state index is 12.7. The Hall–Kier alpha value is -3.68. The van der Waals surface area contributed by atoms with Crippen LogP contribution in [0.2, 0.25) is 0 Å². The van der Waals surface area contributed by atoms with Crippen molar-refractivity contribution in [2.24, 2.45) is 0 Å². The first kappa shape index (κ1) is 22.0. The van der Waals surface area contributed by atoms with E-state index in [9.17, 15) is 13.6 Å². The van der Waals surface area contributed by atoms with Crippen LogP contribution in [0.3, 0.4) is 0 Å². The molecule has 3 aromatic rings. The second-order valence-electron chi connectivity index (χ2n) is 6.41. The molecule has 1 aromatic heterocycles. The molecule has 0 aliphatic rings. The van der Waals surface area contributed by atoms with Gasteiger partial charge in [0.05, 0.1) is 13.7 Å². The molecule has 0 atom stereocenters. The van der Waals surface area contributed by atoms with Gasteiger partial charge in [0, 0.05) is 29.8 Å². The Kier molecular flexibility index (Phi) is 7.75. The number of ether oxygens (including phenoxy) is 3. The summed E-state index contributed by atoms with van der Waals surface area (Å²) in [6.45, 7) is -2.21. The van der Waals surface area contributed by atoms with Gasteiger partial charge in [-0.2, -0.15) is 8.78 Å². The van der Waals surface area contributed by atoms with Crippen molar-refractivity contribution in [1.82, 2.24) is 10.3 Å². The third-order valence-corrected chi connectivity index (χ3v) is 4.32. The molecular formula is C23H22F2N2O4. The Bertz CT molecular complexity index is 1050. The number of nitrogens with one attached hydrogen (secondary N) is 1. The number of para-hydroxylation sites is 2. The molecule has 0 spiro atoms. The van der Waals surface area contributed by atoms with Crippen LogP contribution in [0, 0.1) is 0 Å². The SMILES string of the molecule is COc1cccc(/C=C/C(=O)NCCCOc2cccc3cccnc23)c1OC(F)F. The predicted octanol–water partition coefficient (Wildman–Crippen LogP) is 4.44. The number of amides is 1. The van der Waals surface area contributed by atoms with E-state index in [4.69, 9.17) is 9.47 Å². The highest BCUT2D eigenvalue weighted by Crippen LogP contribution is 2.33. The van der Waals surface area contributed by atoms with Crippen LogP contribution < -0.4 is 19.5 Å². The Morgan fingerprint density at radius 1 is 1.13 bits per heavy atom. The monoisotopic (exact) mass is 428 g/mol. The number of fused-ring (bicyclic) bond motifs is 1. The van der Waals surface area contributed by atoms with Gasteiger partial charge in [-0.3, -0.25) is 9.78 Å². The summed E-state index contributed by atoms with van der Waals surface area (Å²) in [5, 5.41) is 3.72. The van der Waals surface area contributed by atoms with Gasteiger partial charge in [-0.1, -0.05) is 30.3 Å². The highest BCUT2D eigenvalue weighted by atomic mass is 19.3. The Labute approximate surface area is 178 Å². The number of hydrogen-bond donors (Lipinski definition) is 1. The van der Waals surface area contributed by atoms with Gasteiger partial charge in [-0.05, 0) is 30.7 Å². The van der Waals surface area contributed by atoms with E-state index >= 15 is 0 Å². The number of alkyl halides is 2. The lowest BCUT2D eigenvalue weighted by atomic mass is 10.1. The summed E-state index contributed by atoms with van der Waals surface area (Å²) in [4.78, 5) is 16.4. The molecule has 0 aliphatic carbocycles. The minimum atomic E-state index is -3.01. The average Bonchev–Trinajstić information content (AvgIpc) is 2.77. The quantitative estimate of drug-likeness (QED) is 0.382. The van der Waals surface area contributed by atoms with Gasteiger partial charge in [0.25, 0.3) is 0 Å². The highest BCUT2D eigenvalue weighted by Gasteiger charge is 2.14. The van der Waals surface area contributed by atoms with Crippen LogP contribution in [0.5, 0.6) is 17.2 Å². The molecule has 31 heavy (non-hydrogen) atoms. The second-order valence-corrected chi connectivity index (χ2v) is 6.41. The van der Waals surface area contributed by atoms with Crippen molar-refractivity contribution < 1.29 is 27.8 Å². The van der Waals surface area contributed by atoms with Crippen LogP contribution in [0.4, 0.5) is 8.78 Å². The van der Waals surface area contributed by atoms with Crippen molar-refractivity contribution in [3.63, 3.8) is 0 Å². The van der Waals surface area contributed by atoms with Crippen LogP contribution in [-0.2, 0) is 4.79 Å². The summed E-state index contributed by atoms with van der Waals surface area (Å²) in [6.07, 6.45) is 4.94. The first-order chi connectivity index (χ1) is 15.1. The predicted molar refractivity (Wildman–Crippen MR) is 114 cm³/mol. The molecule has 162 valence electrons. The highest BCUT2D eigenvalue weighted by molar-refractivity contribution is 5.92. The van der Waals surface area contributed by atoms with Crippen LogP contribution in [-0.4, -0.2) is 37.8 Å². The van der Waals surface area contributed by atoms with E-state index in [-0.39, 0.29) is 17.4 Å². The number of carbonyl (C=O) groups is 1. The van der Waals surface area contributed by atoms with Gasteiger partial charge in [0.2, 0.25) is 5.91 Å². The molecule has 0 unspecified atom stereocenters. The van der Waals surface area contributed by atoms with Crippen molar-refractivity contribution in [1.29, 1.82) is 0 Å². The largest absolute Gasteiger partial charge is 0.493 e. The van der Waals surface area contributed by atoms with Crippen LogP contribution in [0.25, 0.3) is 17.0 Å². The van der Waals surface area contributed by atoms with E-state index in [1.807, 2.05) is 30.3 Å². The number of methoxy groups -OCH3 is 1. The molecule has 0 saturated heterocycles. The lowest BCUT2D eigenvalue weighted by Gasteiger charge is -2.12. The topological polar surface area (TPSA) is 69.7 Å². The number of pyridine rings is 1. The fourth-order valence-corrected chi connectivity index (χ4v) is 2.92. The maximum Gasteiger partial charge on any atom is 0.387 e. The second kappa shape index (κ2) is 10.9. The van der Waals surface area contributed by atoms with Crippen molar-refractivity contribution >= 4 is 22.9 Å². The lowest BCUT2D eigenvalue weighted by molar-refractivity contribution is -0.116. The van der Waals surface area contributed by atoms with Crippen LogP contribution in [0.15, 0.2) is 60.8 Å². The zero-order chi connectivity index (χ0) is 22.1. The molecule has 6 nitrogen and oxygen atoms in total. The van der Waals surface area contributed by atoms with Gasteiger partial charge in [0.15, 0.2) is 11.5 Å². The molecule has 1 heterocycles. The van der Waals surface area contributed by atoms with Crippen LogP contribution in [0.1, 0.15) is 12.0 Å². The smallest absolute Gasteiger partial charge is 0.387 e. The summed E-state index contributed by atoms with van der Waals surface area (Å²) in [5.41, 5.74) is 1.10.